The summed E-state index contributed by atoms with van der Waals surface area (Å²) in [6, 6.07) is 14.0. The van der Waals surface area contributed by atoms with Gasteiger partial charge in [-0.2, -0.15) is 5.10 Å². The molecule has 2 aliphatic heterocycles. The SMILES string of the molecule is OCCN1N=C2c3cc(Cl)ccc3SCC2C1c1ccc(Cl)cc1. The van der Waals surface area contributed by atoms with Crippen molar-refractivity contribution in [2.45, 2.75) is 10.9 Å². The van der Waals surface area contributed by atoms with Crippen molar-refractivity contribution in [3.8, 4) is 0 Å². The lowest BCUT2D eigenvalue weighted by Gasteiger charge is -2.30. The largest absolute Gasteiger partial charge is 0.394 e. The third-order valence-electron chi connectivity index (χ3n) is 4.47. The summed E-state index contributed by atoms with van der Waals surface area (Å²) in [7, 11) is 0. The number of hydrogen-bond acceptors (Lipinski definition) is 4. The van der Waals surface area contributed by atoms with Gasteiger partial charge in [-0.05, 0) is 35.9 Å². The summed E-state index contributed by atoms with van der Waals surface area (Å²) in [5.74, 6) is 1.23. The van der Waals surface area contributed by atoms with Crippen molar-refractivity contribution in [2.75, 3.05) is 18.9 Å². The van der Waals surface area contributed by atoms with E-state index in [2.05, 4.69) is 6.07 Å². The van der Waals surface area contributed by atoms with Crippen LogP contribution in [-0.4, -0.2) is 34.7 Å². The molecule has 2 aromatic carbocycles. The van der Waals surface area contributed by atoms with Crippen LogP contribution in [0.2, 0.25) is 10.0 Å². The van der Waals surface area contributed by atoms with Gasteiger partial charge in [0.25, 0.3) is 0 Å². The lowest BCUT2D eigenvalue weighted by molar-refractivity contribution is 0.158. The number of halogens is 2. The second-order valence-corrected chi connectivity index (χ2v) is 7.86. The van der Waals surface area contributed by atoms with Crippen molar-refractivity contribution >= 4 is 40.7 Å². The van der Waals surface area contributed by atoms with E-state index in [0.717, 1.165) is 27.1 Å². The Labute approximate surface area is 155 Å². The second-order valence-electron chi connectivity index (χ2n) is 5.93. The molecule has 0 bridgehead atoms. The Morgan fingerprint density at radius 3 is 2.62 bits per heavy atom. The Hall–Kier alpha value is -1.20. The predicted octanol–water partition coefficient (Wildman–Crippen LogP) is 4.47. The van der Waals surface area contributed by atoms with Gasteiger partial charge in [0.1, 0.15) is 0 Å². The van der Waals surface area contributed by atoms with E-state index in [0.29, 0.717) is 6.54 Å². The highest BCUT2D eigenvalue weighted by Gasteiger charge is 2.41. The molecule has 0 saturated carbocycles. The Kier molecular flexibility index (Phi) is 4.48. The quantitative estimate of drug-likeness (QED) is 0.855. The van der Waals surface area contributed by atoms with E-state index >= 15 is 0 Å². The van der Waals surface area contributed by atoms with Crippen LogP contribution in [0, 0.1) is 5.92 Å². The number of β-amino-alcohol motifs (C(OH)–C–C–N with tert-alkyl or cyclic N) is 1. The Morgan fingerprint density at radius 1 is 1.12 bits per heavy atom. The lowest BCUT2D eigenvalue weighted by atomic mass is 9.88. The van der Waals surface area contributed by atoms with E-state index in [1.54, 1.807) is 0 Å². The molecule has 24 heavy (non-hydrogen) atoms. The highest BCUT2D eigenvalue weighted by molar-refractivity contribution is 7.99. The highest BCUT2D eigenvalue weighted by Crippen LogP contribution is 2.45. The summed E-state index contributed by atoms with van der Waals surface area (Å²) in [4.78, 5) is 1.22. The van der Waals surface area contributed by atoms with E-state index in [4.69, 9.17) is 28.3 Å². The number of thioether (sulfide) groups is 1. The van der Waals surface area contributed by atoms with Crippen LogP contribution in [0.5, 0.6) is 0 Å². The topological polar surface area (TPSA) is 35.8 Å². The average molecular weight is 379 g/mol. The standard InChI is InChI=1S/C18H16Cl2N2OS/c19-12-3-1-11(2-4-12)18-15-10-24-16-6-5-13(20)9-14(16)17(15)21-22(18)7-8-23/h1-6,9,15,18,23H,7-8,10H2. The summed E-state index contributed by atoms with van der Waals surface area (Å²) >= 11 is 14.1. The number of nitrogens with zero attached hydrogens (tertiary/aromatic N) is 2. The maximum absolute atomic E-state index is 9.45. The summed E-state index contributed by atoms with van der Waals surface area (Å²) in [6.07, 6.45) is 0. The Bertz CT molecular complexity index is 794. The van der Waals surface area contributed by atoms with Crippen molar-refractivity contribution in [1.82, 2.24) is 5.01 Å². The number of aliphatic hydroxyl groups excluding tert-OH is 1. The number of aliphatic hydroxyl groups is 1. The van der Waals surface area contributed by atoms with Gasteiger partial charge < -0.3 is 5.11 Å². The molecule has 3 nitrogen and oxygen atoms in total. The number of hydrogen-bond donors (Lipinski definition) is 1. The van der Waals surface area contributed by atoms with Crippen LogP contribution < -0.4 is 0 Å². The predicted molar refractivity (Wildman–Crippen MR) is 100 cm³/mol. The first kappa shape index (κ1) is 16.3. The third-order valence-corrected chi connectivity index (χ3v) is 6.15. The van der Waals surface area contributed by atoms with Crippen LogP contribution in [0.3, 0.4) is 0 Å². The van der Waals surface area contributed by atoms with Gasteiger partial charge in [0, 0.05) is 32.2 Å². The molecule has 2 aliphatic rings. The van der Waals surface area contributed by atoms with Gasteiger partial charge in [0.2, 0.25) is 0 Å². The number of rotatable bonds is 3. The minimum Gasteiger partial charge on any atom is -0.394 e. The average Bonchev–Trinajstić information content (AvgIpc) is 2.94. The molecule has 4 rings (SSSR count). The van der Waals surface area contributed by atoms with Crippen molar-refractivity contribution in [2.24, 2.45) is 11.0 Å². The van der Waals surface area contributed by atoms with Crippen LogP contribution in [0.25, 0.3) is 0 Å². The Morgan fingerprint density at radius 2 is 1.88 bits per heavy atom. The van der Waals surface area contributed by atoms with Gasteiger partial charge in [0.15, 0.2) is 0 Å². The summed E-state index contributed by atoms with van der Waals surface area (Å²) in [5.41, 5.74) is 3.35. The fraction of sp³-hybridized carbons (Fsp3) is 0.278. The fourth-order valence-corrected chi connectivity index (χ4v) is 4.90. The molecule has 2 aromatic rings. The van der Waals surface area contributed by atoms with Gasteiger partial charge in [0.05, 0.1) is 24.9 Å². The molecule has 2 atom stereocenters. The molecule has 0 fully saturated rings. The van der Waals surface area contributed by atoms with Gasteiger partial charge in [-0.25, -0.2) is 0 Å². The van der Waals surface area contributed by atoms with E-state index in [1.807, 2.05) is 53.2 Å². The van der Waals surface area contributed by atoms with Crippen LogP contribution in [-0.2, 0) is 0 Å². The molecule has 0 spiro atoms. The highest BCUT2D eigenvalue weighted by atomic mass is 35.5. The maximum atomic E-state index is 9.45. The van der Waals surface area contributed by atoms with Crippen molar-refractivity contribution in [1.29, 1.82) is 0 Å². The zero-order chi connectivity index (χ0) is 16.7. The van der Waals surface area contributed by atoms with Gasteiger partial charge in [-0.15, -0.1) is 11.8 Å². The molecule has 1 N–H and O–H groups in total. The first-order valence-corrected chi connectivity index (χ1v) is 9.55. The molecule has 0 saturated heterocycles. The summed E-state index contributed by atoms with van der Waals surface area (Å²) in [5, 5.41) is 17.7. The molecule has 0 radical (unpaired) electrons. The molecule has 0 aliphatic carbocycles. The van der Waals surface area contributed by atoms with Crippen LogP contribution >= 0.6 is 35.0 Å². The zero-order valence-electron chi connectivity index (χ0n) is 12.8. The molecule has 6 heteroatoms. The Balaban J connectivity index is 1.77. The second kappa shape index (κ2) is 6.60. The van der Waals surface area contributed by atoms with Gasteiger partial charge in [-0.3, -0.25) is 5.01 Å². The molecular formula is C18H16Cl2N2OS. The molecule has 2 heterocycles. The summed E-state index contributed by atoms with van der Waals surface area (Å²) < 4.78 is 0. The van der Waals surface area contributed by atoms with E-state index < -0.39 is 0 Å². The van der Waals surface area contributed by atoms with E-state index in [9.17, 15) is 5.11 Å². The number of benzene rings is 2. The molecule has 0 aromatic heterocycles. The van der Waals surface area contributed by atoms with Crippen molar-refractivity contribution in [3.63, 3.8) is 0 Å². The molecule has 2 unspecified atom stereocenters. The van der Waals surface area contributed by atoms with Crippen LogP contribution in [0.15, 0.2) is 52.5 Å². The van der Waals surface area contributed by atoms with Crippen molar-refractivity contribution in [3.05, 3.63) is 63.6 Å². The maximum Gasteiger partial charge on any atom is 0.0813 e. The molecule has 0 amide bonds. The normalized spacial score (nSPS) is 22.1. The minimum absolute atomic E-state index is 0.0726. The molecule has 124 valence electrons. The van der Waals surface area contributed by atoms with Crippen molar-refractivity contribution < 1.29 is 5.11 Å². The smallest absolute Gasteiger partial charge is 0.0813 e. The van der Waals surface area contributed by atoms with E-state index in [1.165, 1.54) is 10.5 Å². The fourth-order valence-electron chi connectivity index (χ4n) is 3.42. The number of hydrazone groups is 1. The van der Waals surface area contributed by atoms with Crippen LogP contribution in [0.1, 0.15) is 17.2 Å². The minimum atomic E-state index is 0.0726. The monoisotopic (exact) mass is 378 g/mol. The van der Waals surface area contributed by atoms with E-state index in [-0.39, 0.29) is 18.6 Å². The zero-order valence-corrected chi connectivity index (χ0v) is 15.2. The van der Waals surface area contributed by atoms with Crippen LogP contribution in [0.4, 0.5) is 0 Å². The first-order chi connectivity index (χ1) is 11.7. The first-order valence-electron chi connectivity index (χ1n) is 7.81. The molecular weight excluding hydrogens is 363 g/mol. The lowest BCUT2D eigenvalue weighted by Crippen LogP contribution is -2.30. The van der Waals surface area contributed by atoms with Gasteiger partial charge in [-0.1, -0.05) is 35.3 Å². The third kappa shape index (κ3) is 2.82. The van der Waals surface area contributed by atoms with Gasteiger partial charge >= 0.3 is 0 Å². The summed E-state index contributed by atoms with van der Waals surface area (Å²) in [6.45, 7) is 0.580. The number of fused-ring (bicyclic) bond motifs is 3.